The van der Waals surface area contributed by atoms with E-state index in [1.54, 1.807) is 13.8 Å². The second-order valence-electron chi connectivity index (χ2n) is 14.4. The maximum atomic E-state index is 13.7. The standard InChI is InChI=1S/C44H32Cl4F6N8O6/c1-19-20(2)30(56-42(68)38(22(4)64)62-60-34-18-24(12-14-26(34)46)40(66)58-32-10-6-8-28(48)36(32)44(52,53)54)16-15-29(19)55-41(67)37(21(3)63)61-59-33-17-23(11-13-25(33)45)39(65)57-31-9-5-7-27(47)35(31)43(49,50)51/h5-18,37-38H,1-4H3,(H,55,67)(H,56,68)(H,57,65)(H,58,66). The Labute approximate surface area is 401 Å². The van der Waals surface area contributed by atoms with Crippen LogP contribution in [0.2, 0.25) is 20.1 Å². The fourth-order valence-electron chi connectivity index (χ4n) is 6.05. The van der Waals surface area contributed by atoms with E-state index in [-0.39, 0.29) is 43.9 Å². The maximum absolute atomic E-state index is 13.7. The lowest BCUT2D eigenvalue weighted by Crippen LogP contribution is -2.33. The van der Waals surface area contributed by atoms with E-state index in [2.05, 4.69) is 41.7 Å². The Morgan fingerprint density at radius 2 is 0.838 bits per heavy atom. The number of ketones is 2. The molecule has 0 aromatic heterocycles. The average molecular weight is 1020 g/mol. The minimum absolute atomic E-state index is 0.0917. The third-order valence-electron chi connectivity index (χ3n) is 9.64. The number of nitrogens with one attached hydrogen (secondary N) is 4. The summed E-state index contributed by atoms with van der Waals surface area (Å²) in [6.07, 6.45) is -9.79. The Hall–Kier alpha value is -6.74. The van der Waals surface area contributed by atoms with Gasteiger partial charge >= 0.3 is 12.4 Å². The fourth-order valence-corrected chi connectivity index (χ4v) is 6.93. The van der Waals surface area contributed by atoms with Crippen LogP contribution in [-0.2, 0) is 31.5 Å². The van der Waals surface area contributed by atoms with Gasteiger partial charge in [0.15, 0.2) is 11.6 Å². The summed E-state index contributed by atoms with van der Waals surface area (Å²) in [4.78, 5) is 78.0. The molecule has 0 heterocycles. The number of carbonyl (C=O) groups excluding carboxylic acids is 6. The van der Waals surface area contributed by atoms with Crippen LogP contribution in [-0.4, -0.2) is 47.3 Å². The zero-order chi connectivity index (χ0) is 50.4. The van der Waals surface area contributed by atoms with Gasteiger partial charge in [-0.25, -0.2) is 0 Å². The largest absolute Gasteiger partial charge is 0.419 e. The van der Waals surface area contributed by atoms with Crippen molar-refractivity contribution in [3.63, 3.8) is 0 Å². The summed E-state index contributed by atoms with van der Waals surface area (Å²) in [5, 5.41) is 23.4. The lowest BCUT2D eigenvalue weighted by atomic mass is 10.0. The number of rotatable bonds is 14. The molecule has 0 radical (unpaired) electrons. The van der Waals surface area contributed by atoms with Gasteiger partial charge in [-0.2, -0.15) is 46.8 Å². The number of Topliss-reactive ketones (excluding diaryl/α,β-unsaturated/α-hetero) is 2. The van der Waals surface area contributed by atoms with Crippen molar-refractivity contribution < 1.29 is 55.1 Å². The molecule has 0 spiro atoms. The second kappa shape index (κ2) is 21.5. The SMILES string of the molecule is CC(=O)C(N=Nc1cc(C(=O)Nc2cccc(Cl)c2C(F)(F)F)ccc1Cl)C(=O)Nc1ccc(NC(=O)C(N=Nc2cc(C(=O)Nc3cccc(Cl)c3C(F)(F)F)ccc2Cl)C(C)=O)c(C)c1C. The Balaban J connectivity index is 1.28. The van der Waals surface area contributed by atoms with Crippen LogP contribution < -0.4 is 21.3 Å². The van der Waals surface area contributed by atoms with E-state index in [9.17, 15) is 55.1 Å². The molecule has 5 aromatic carbocycles. The van der Waals surface area contributed by atoms with Crippen molar-refractivity contribution in [1.82, 2.24) is 0 Å². The third kappa shape index (κ3) is 12.6. The molecule has 0 saturated heterocycles. The smallest absolute Gasteiger partial charge is 0.324 e. The second-order valence-corrected chi connectivity index (χ2v) is 16.0. The highest BCUT2D eigenvalue weighted by atomic mass is 35.5. The molecule has 24 heteroatoms. The summed E-state index contributed by atoms with van der Waals surface area (Å²) in [5.74, 6) is -5.46. The molecule has 0 fully saturated rings. The Morgan fingerprint density at radius 3 is 1.16 bits per heavy atom. The van der Waals surface area contributed by atoms with Gasteiger partial charge in [0.2, 0.25) is 12.1 Å². The van der Waals surface area contributed by atoms with E-state index in [1.165, 1.54) is 48.5 Å². The fraction of sp³-hybridized carbons (Fsp3) is 0.182. The summed E-state index contributed by atoms with van der Waals surface area (Å²) >= 11 is 24.0. The summed E-state index contributed by atoms with van der Waals surface area (Å²) in [5.41, 5.74) is -3.52. The van der Waals surface area contributed by atoms with Crippen LogP contribution >= 0.6 is 46.4 Å². The van der Waals surface area contributed by atoms with Gasteiger partial charge in [-0.3, -0.25) is 28.8 Å². The van der Waals surface area contributed by atoms with E-state index in [1.807, 2.05) is 0 Å². The molecule has 0 bridgehead atoms. The predicted molar refractivity (Wildman–Crippen MR) is 243 cm³/mol. The summed E-state index contributed by atoms with van der Waals surface area (Å²) in [7, 11) is 0. The van der Waals surface area contributed by atoms with Crippen molar-refractivity contribution in [1.29, 1.82) is 0 Å². The molecule has 4 amide bonds. The molecule has 0 aliphatic carbocycles. The highest BCUT2D eigenvalue weighted by Gasteiger charge is 2.38. The zero-order valence-corrected chi connectivity index (χ0v) is 38.3. The van der Waals surface area contributed by atoms with Crippen LogP contribution in [0.25, 0.3) is 0 Å². The van der Waals surface area contributed by atoms with Crippen molar-refractivity contribution in [3.05, 3.63) is 138 Å². The van der Waals surface area contributed by atoms with Gasteiger partial charge < -0.3 is 21.3 Å². The van der Waals surface area contributed by atoms with Crippen molar-refractivity contribution in [3.8, 4) is 0 Å². The van der Waals surface area contributed by atoms with E-state index < -0.39 is 92.2 Å². The van der Waals surface area contributed by atoms with Crippen LogP contribution in [0.3, 0.4) is 0 Å². The molecule has 0 aliphatic rings. The highest BCUT2D eigenvalue weighted by Crippen LogP contribution is 2.41. The van der Waals surface area contributed by atoms with E-state index in [4.69, 9.17) is 46.4 Å². The first-order valence-corrected chi connectivity index (χ1v) is 20.8. The lowest BCUT2D eigenvalue weighted by Gasteiger charge is -2.17. The van der Waals surface area contributed by atoms with Gasteiger partial charge in [0, 0.05) is 22.5 Å². The number of hydrogen-bond donors (Lipinski definition) is 4. The normalized spacial score (nSPS) is 12.7. The van der Waals surface area contributed by atoms with Gasteiger partial charge in [-0.1, -0.05) is 58.5 Å². The molecule has 354 valence electrons. The number of hydrogen-bond acceptors (Lipinski definition) is 10. The van der Waals surface area contributed by atoms with Crippen molar-refractivity contribution >= 4 is 116 Å². The molecule has 2 unspecified atom stereocenters. The van der Waals surface area contributed by atoms with Crippen LogP contribution in [0.4, 0.5) is 60.5 Å². The monoisotopic (exact) mass is 1020 g/mol. The van der Waals surface area contributed by atoms with Gasteiger partial charge in [0.25, 0.3) is 23.6 Å². The molecule has 2 atom stereocenters. The average Bonchev–Trinajstić information content (AvgIpc) is 3.23. The van der Waals surface area contributed by atoms with Gasteiger partial charge in [-0.05, 0) is 112 Å². The number of amides is 4. The lowest BCUT2D eigenvalue weighted by molar-refractivity contribution is -0.137. The number of halogens is 10. The van der Waals surface area contributed by atoms with Crippen LogP contribution in [0.5, 0.6) is 0 Å². The van der Waals surface area contributed by atoms with Crippen LogP contribution in [0.1, 0.15) is 56.8 Å². The Morgan fingerprint density at radius 1 is 0.485 bits per heavy atom. The van der Waals surface area contributed by atoms with E-state index in [0.29, 0.717) is 11.1 Å². The number of carbonyl (C=O) groups is 6. The molecular weight excluding hydrogens is 992 g/mol. The topological polar surface area (TPSA) is 200 Å². The molecule has 14 nitrogen and oxygen atoms in total. The summed E-state index contributed by atoms with van der Waals surface area (Å²) in [6.45, 7) is 5.23. The highest BCUT2D eigenvalue weighted by molar-refractivity contribution is 6.34. The molecular formula is C44H32Cl4F6N8O6. The number of anilines is 4. The summed E-state index contributed by atoms with van der Waals surface area (Å²) < 4.78 is 81.9. The quantitative estimate of drug-likeness (QED) is 0.0484. The molecule has 68 heavy (non-hydrogen) atoms. The first kappa shape index (κ1) is 52.2. The van der Waals surface area contributed by atoms with Crippen molar-refractivity contribution in [2.24, 2.45) is 20.5 Å². The minimum Gasteiger partial charge on any atom is -0.324 e. The first-order chi connectivity index (χ1) is 31.8. The number of azo groups is 2. The molecule has 5 rings (SSSR count). The Bertz CT molecular complexity index is 2740. The summed E-state index contributed by atoms with van der Waals surface area (Å²) in [6, 6.07) is 12.6. The first-order valence-electron chi connectivity index (χ1n) is 19.3. The molecule has 4 N–H and O–H groups in total. The Kier molecular flexibility index (Phi) is 16.5. The minimum atomic E-state index is -4.89. The number of benzene rings is 5. The molecule has 0 saturated carbocycles. The molecule has 0 aliphatic heterocycles. The number of alkyl halides is 6. The number of nitrogens with zero attached hydrogens (tertiary/aromatic N) is 4. The van der Waals surface area contributed by atoms with E-state index >= 15 is 0 Å². The third-order valence-corrected chi connectivity index (χ3v) is 10.9. The van der Waals surface area contributed by atoms with Gasteiger partial charge in [-0.15, -0.1) is 0 Å². The van der Waals surface area contributed by atoms with Gasteiger partial charge in [0.1, 0.15) is 11.4 Å². The predicted octanol–water partition coefficient (Wildman–Crippen LogP) is 12.8. The zero-order valence-electron chi connectivity index (χ0n) is 35.3. The molecule has 5 aromatic rings. The van der Waals surface area contributed by atoms with Crippen LogP contribution in [0.15, 0.2) is 105 Å². The van der Waals surface area contributed by atoms with Crippen LogP contribution in [0, 0.1) is 13.8 Å². The van der Waals surface area contributed by atoms with Crippen molar-refractivity contribution in [2.75, 3.05) is 21.3 Å². The van der Waals surface area contributed by atoms with Gasteiger partial charge in [0.05, 0.1) is 42.6 Å². The van der Waals surface area contributed by atoms with E-state index in [0.717, 1.165) is 50.2 Å². The maximum Gasteiger partial charge on any atom is 0.419 e. The van der Waals surface area contributed by atoms with Crippen molar-refractivity contribution in [2.45, 2.75) is 52.1 Å².